The smallest absolute Gasteiger partial charge is 0.213 e. The Bertz CT molecular complexity index is 83.0. The van der Waals surface area contributed by atoms with Gasteiger partial charge in [0.25, 0.3) is 0 Å². The van der Waals surface area contributed by atoms with E-state index in [1.807, 2.05) is 0 Å². The number of rotatable bonds is 1. The number of nitrogens with one attached hydrogen (secondary N) is 2. The summed E-state index contributed by atoms with van der Waals surface area (Å²) in [7, 11) is 1.64. The average Bonchev–Trinajstić information content (AvgIpc) is 1.68. The Kier molecular flexibility index (Phi) is 3.22. The van der Waals surface area contributed by atoms with E-state index in [1.165, 1.54) is 0 Å². The molecule has 2 N–H and O–H groups in total. The molecule has 0 spiro atoms. The molecule has 0 saturated carbocycles. The van der Waals surface area contributed by atoms with E-state index in [9.17, 15) is 4.79 Å². The van der Waals surface area contributed by atoms with Crippen LogP contribution in [0.3, 0.4) is 0 Å². The molecule has 0 aliphatic rings. The van der Waals surface area contributed by atoms with Crippen molar-refractivity contribution in [3.05, 3.63) is 0 Å². The Labute approximate surface area is 47.1 Å². The van der Waals surface area contributed by atoms with E-state index in [4.69, 9.17) is 0 Å². The molecule has 0 atom stereocenters. The molecule has 0 rings (SSSR count). The summed E-state index contributed by atoms with van der Waals surface area (Å²) < 4.78 is 0. The highest BCUT2D eigenvalue weighted by Crippen LogP contribution is 1.53. The molecule has 3 nitrogen and oxygen atoms in total. The van der Waals surface area contributed by atoms with Crippen LogP contribution < -0.4 is 10.6 Å². The van der Waals surface area contributed by atoms with Crippen molar-refractivity contribution < 1.29 is 4.79 Å². The first-order chi connectivity index (χ1) is 3.31. The number of thiocarbonyl (C=S) groups is 1. The highest BCUT2D eigenvalue weighted by molar-refractivity contribution is 7.80. The number of hydrogen-bond acceptors (Lipinski definition) is 2. The average molecular weight is 118 g/mol. The lowest BCUT2D eigenvalue weighted by Gasteiger charge is -1.94. The van der Waals surface area contributed by atoms with E-state index < -0.39 is 0 Å². The van der Waals surface area contributed by atoms with Crippen molar-refractivity contribution in [3.8, 4) is 0 Å². The Morgan fingerprint density at radius 3 is 2.57 bits per heavy atom. The van der Waals surface area contributed by atoms with Gasteiger partial charge >= 0.3 is 0 Å². The van der Waals surface area contributed by atoms with Crippen molar-refractivity contribution in [2.24, 2.45) is 0 Å². The van der Waals surface area contributed by atoms with Crippen LogP contribution in [0.5, 0.6) is 0 Å². The lowest BCUT2D eigenvalue weighted by molar-refractivity contribution is -0.108. The Balaban J connectivity index is 3.17. The van der Waals surface area contributed by atoms with E-state index >= 15 is 0 Å². The molecule has 0 fully saturated rings. The molecular weight excluding hydrogens is 112 g/mol. The fraction of sp³-hybridized carbons (Fsp3) is 0.333. The molecule has 4 heteroatoms. The summed E-state index contributed by atoms with van der Waals surface area (Å²) in [5.74, 6) is 0. The maximum Gasteiger partial charge on any atom is 0.213 e. The molecule has 0 unspecified atom stereocenters. The van der Waals surface area contributed by atoms with Crippen molar-refractivity contribution in [2.75, 3.05) is 7.05 Å². The Morgan fingerprint density at radius 1 is 1.86 bits per heavy atom. The van der Waals surface area contributed by atoms with Crippen molar-refractivity contribution in [1.29, 1.82) is 0 Å². The summed E-state index contributed by atoms with van der Waals surface area (Å²) in [5.41, 5.74) is 0. The summed E-state index contributed by atoms with van der Waals surface area (Å²) in [5, 5.41) is 5.13. The van der Waals surface area contributed by atoms with Gasteiger partial charge < -0.3 is 10.6 Å². The normalized spacial score (nSPS) is 7.00. The second kappa shape index (κ2) is 3.55. The second-order valence-electron chi connectivity index (χ2n) is 0.841. The lowest BCUT2D eigenvalue weighted by atomic mass is 11.0. The van der Waals surface area contributed by atoms with E-state index in [0.29, 0.717) is 11.5 Å². The SMILES string of the molecule is CNC(=S)NC=O. The van der Waals surface area contributed by atoms with Crippen LogP contribution >= 0.6 is 12.2 Å². The van der Waals surface area contributed by atoms with Crippen LogP contribution in [0, 0.1) is 0 Å². The van der Waals surface area contributed by atoms with Crippen molar-refractivity contribution in [3.63, 3.8) is 0 Å². The molecule has 0 aliphatic heterocycles. The van der Waals surface area contributed by atoms with Crippen LogP contribution in [0.2, 0.25) is 0 Å². The fourth-order valence-corrected chi connectivity index (χ4v) is 0.174. The monoisotopic (exact) mass is 118 g/mol. The zero-order chi connectivity index (χ0) is 5.70. The second-order valence-corrected chi connectivity index (χ2v) is 1.25. The van der Waals surface area contributed by atoms with Gasteiger partial charge in [-0.05, 0) is 12.2 Å². The quantitative estimate of drug-likeness (QED) is 0.351. The van der Waals surface area contributed by atoms with Gasteiger partial charge in [0.05, 0.1) is 0 Å². The van der Waals surface area contributed by atoms with Crippen LogP contribution in [0.1, 0.15) is 0 Å². The van der Waals surface area contributed by atoms with Crippen LogP contribution in [0.25, 0.3) is 0 Å². The Hall–Kier alpha value is -0.640. The van der Waals surface area contributed by atoms with Crippen LogP contribution in [-0.2, 0) is 4.79 Å². The highest BCUT2D eigenvalue weighted by atomic mass is 32.1. The molecule has 1 amide bonds. The Morgan fingerprint density at radius 2 is 2.43 bits per heavy atom. The molecule has 0 radical (unpaired) electrons. The van der Waals surface area contributed by atoms with Crippen LogP contribution in [-0.4, -0.2) is 18.6 Å². The van der Waals surface area contributed by atoms with Gasteiger partial charge in [0.2, 0.25) is 6.41 Å². The number of hydrogen-bond donors (Lipinski definition) is 2. The standard InChI is InChI=1S/C3H6N2OS/c1-4-3(7)5-2-6/h2H,1H3,(H2,4,5,6,7). The highest BCUT2D eigenvalue weighted by Gasteiger charge is 1.80. The first-order valence-electron chi connectivity index (χ1n) is 1.73. The molecule has 0 heterocycles. The maximum atomic E-state index is 9.54. The molecule has 0 bridgehead atoms. The van der Waals surface area contributed by atoms with Gasteiger partial charge in [0.1, 0.15) is 0 Å². The maximum absolute atomic E-state index is 9.54. The van der Waals surface area contributed by atoms with Gasteiger partial charge in [0.15, 0.2) is 5.11 Å². The van der Waals surface area contributed by atoms with E-state index in [1.54, 1.807) is 7.05 Å². The molecule has 40 valence electrons. The van der Waals surface area contributed by atoms with Gasteiger partial charge in [-0.3, -0.25) is 4.79 Å². The first-order valence-corrected chi connectivity index (χ1v) is 2.14. The minimum Gasteiger partial charge on any atom is -0.365 e. The van der Waals surface area contributed by atoms with Gasteiger partial charge in [-0.2, -0.15) is 0 Å². The van der Waals surface area contributed by atoms with Gasteiger partial charge in [0, 0.05) is 7.05 Å². The van der Waals surface area contributed by atoms with Crippen molar-refractivity contribution >= 4 is 23.7 Å². The lowest BCUT2D eigenvalue weighted by Crippen LogP contribution is -2.30. The largest absolute Gasteiger partial charge is 0.365 e. The third kappa shape index (κ3) is 3.18. The van der Waals surface area contributed by atoms with Gasteiger partial charge in [-0.1, -0.05) is 0 Å². The number of carbonyl (C=O) groups is 1. The first kappa shape index (κ1) is 6.36. The molecular formula is C3H6N2OS. The topological polar surface area (TPSA) is 41.1 Å². The number of carbonyl (C=O) groups excluding carboxylic acids is 1. The third-order valence-electron chi connectivity index (χ3n) is 0.417. The molecule has 0 aromatic rings. The summed E-state index contributed by atoms with van der Waals surface area (Å²) in [6.07, 6.45) is 0.527. The third-order valence-corrected chi connectivity index (χ3v) is 0.739. The van der Waals surface area contributed by atoms with Crippen LogP contribution in [0.4, 0.5) is 0 Å². The van der Waals surface area contributed by atoms with Crippen LogP contribution in [0.15, 0.2) is 0 Å². The van der Waals surface area contributed by atoms with E-state index in [2.05, 4.69) is 22.9 Å². The predicted octanol–water partition coefficient (Wildman–Crippen LogP) is -0.763. The molecule has 0 aromatic carbocycles. The minimum absolute atomic E-state index is 0.343. The zero-order valence-corrected chi connectivity index (χ0v) is 4.71. The zero-order valence-electron chi connectivity index (χ0n) is 3.89. The van der Waals surface area contributed by atoms with Crippen molar-refractivity contribution in [2.45, 2.75) is 0 Å². The summed E-state index contributed by atoms with van der Waals surface area (Å²) in [4.78, 5) is 9.54. The van der Waals surface area contributed by atoms with E-state index in [-0.39, 0.29) is 0 Å². The summed E-state index contributed by atoms with van der Waals surface area (Å²) in [6, 6.07) is 0. The predicted molar refractivity (Wildman–Crippen MR) is 30.9 cm³/mol. The summed E-state index contributed by atoms with van der Waals surface area (Å²) >= 11 is 4.50. The molecule has 0 aliphatic carbocycles. The number of amides is 1. The van der Waals surface area contributed by atoms with E-state index in [0.717, 1.165) is 0 Å². The minimum atomic E-state index is 0.343. The van der Waals surface area contributed by atoms with Gasteiger partial charge in [-0.25, -0.2) is 0 Å². The molecule has 0 saturated heterocycles. The van der Waals surface area contributed by atoms with Gasteiger partial charge in [-0.15, -0.1) is 0 Å². The van der Waals surface area contributed by atoms with Crippen molar-refractivity contribution in [1.82, 2.24) is 10.6 Å². The fourth-order valence-electron chi connectivity index (χ4n) is 0.126. The molecule has 7 heavy (non-hydrogen) atoms. The molecule has 0 aromatic heterocycles. The summed E-state index contributed by atoms with van der Waals surface area (Å²) in [6.45, 7) is 0.